The Morgan fingerprint density at radius 1 is 1.55 bits per heavy atom. The average molecular weight is 274 g/mol. The van der Waals surface area contributed by atoms with E-state index < -0.39 is 0 Å². The summed E-state index contributed by atoms with van der Waals surface area (Å²) in [6.45, 7) is 3.80. The van der Waals surface area contributed by atoms with Gasteiger partial charge in [-0.15, -0.1) is 6.42 Å². The second kappa shape index (κ2) is 5.90. The summed E-state index contributed by atoms with van der Waals surface area (Å²) in [7, 11) is 0. The molecule has 0 unspecified atom stereocenters. The molecule has 0 bridgehead atoms. The molecule has 0 fully saturated rings. The molecule has 0 aromatic carbocycles. The number of nitrogens with zero attached hydrogens (tertiary/aromatic N) is 3. The molecular formula is C14H18N4O2. The van der Waals surface area contributed by atoms with Crippen LogP contribution in [-0.2, 0) is 4.74 Å². The zero-order valence-electron chi connectivity index (χ0n) is 11.6. The van der Waals surface area contributed by atoms with E-state index in [1.807, 2.05) is 13.8 Å². The minimum atomic E-state index is -0.314. The molecule has 6 heteroatoms. The average Bonchev–Trinajstić information content (AvgIpc) is 2.84. The molecule has 3 N–H and O–H groups in total. The number of nitrogen functional groups attached to an aromatic ring is 1. The molecule has 0 spiro atoms. The summed E-state index contributed by atoms with van der Waals surface area (Å²) < 4.78 is 7.59. The standard InChI is InChI=1S/C14H18N4O2/c1-4-10-6-18(9(3)20-11(5-2)7-19)14-12(10)13(15)16-8-17-14/h1,6,8-9,11,19H,5,7H2,2-3H3,(H2,15,16,17)/t9-,11+/m1/s1. The molecule has 2 aromatic heterocycles. The molecule has 106 valence electrons. The maximum atomic E-state index is 9.22. The Bertz CT molecular complexity index is 640. The van der Waals surface area contributed by atoms with Crippen LogP contribution in [-0.4, -0.2) is 32.4 Å². The SMILES string of the molecule is C#Cc1cn([C@@H](C)O[C@@H](CC)CO)c2ncnc(N)c12. The molecule has 0 aliphatic heterocycles. The number of aliphatic hydroxyl groups is 1. The van der Waals surface area contributed by atoms with Crippen molar-refractivity contribution in [1.82, 2.24) is 14.5 Å². The topological polar surface area (TPSA) is 86.2 Å². The summed E-state index contributed by atoms with van der Waals surface area (Å²) in [6.07, 6.45) is 8.84. The fourth-order valence-corrected chi connectivity index (χ4v) is 2.11. The summed E-state index contributed by atoms with van der Waals surface area (Å²) >= 11 is 0. The van der Waals surface area contributed by atoms with E-state index in [0.29, 0.717) is 22.4 Å². The van der Waals surface area contributed by atoms with Crippen LogP contribution >= 0.6 is 0 Å². The van der Waals surface area contributed by atoms with Crippen LogP contribution < -0.4 is 5.73 Å². The van der Waals surface area contributed by atoms with E-state index >= 15 is 0 Å². The number of rotatable bonds is 5. The maximum absolute atomic E-state index is 9.22. The van der Waals surface area contributed by atoms with E-state index in [9.17, 15) is 5.11 Å². The summed E-state index contributed by atoms with van der Waals surface area (Å²) in [5.41, 5.74) is 7.12. The molecule has 0 aliphatic rings. The third-order valence-electron chi connectivity index (χ3n) is 3.23. The van der Waals surface area contributed by atoms with Crippen molar-refractivity contribution in [3.8, 4) is 12.3 Å². The molecule has 2 rings (SSSR count). The molecule has 2 heterocycles. The molecular weight excluding hydrogens is 256 g/mol. The van der Waals surface area contributed by atoms with E-state index in [4.69, 9.17) is 16.9 Å². The Morgan fingerprint density at radius 3 is 2.90 bits per heavy atom. The highest BCUT2D eigenvalue weighted by Gasteiger charge is 2.18. The zero-order valence-corrected chi connectivity index (χ0v) is 11.6. The lowest BCUT2D eigenvalue weighted by atomic mass is 10.2. The molecule has 0 radical (unpaired) electrons. The predicted molar refractivity (Wildman–Crippen MR) is 76.8 cm³/mol. The van der Waals surface area contributed by atoms with E-state index in [0.717, 1.165) is 6.42 Å². The monoisotopic (exact) mass is 274 g/mol. The summed E-state index contributed by atoms with van der Waals surface area (Å²) in [5.74, 6) is 2.93. The first-order valence-electron chi connectivity index (χ1n) is 6.46. The number of aliphatic hydroxyl groups excluding tert-OH is 1. The van der Waals surface area contributed by atoms with Crippen LogP contribution in [0.2, 0.25) is 0 Å². The summed E-state index contributed by atoms with van der Waals surface area (Å²) in [5, 5.41) is 9.87. The van der Waals surface area contributed by atoms with Crippen LogP contribution in [0.5, 0.6) is 0 Å². The van der Waals surface area contributed by atoms with Crippen molar-refractivity contribution in [2.75, 3.05) is 12.3 Å². The second-order valence-electron chi connectivity index (χ2n) is 4.50. The third kappa shape index (κ3) is 2.46. The molecule has 20 heavy (non-hydrogen) atoms. The van der Waals surface area contributed by atoms with Gasteiger partial charge in [0.15, 0.2) is 0 Å². The van der Waals surface area contributed by atoms with E-state index in [1.54, 1.807) is 10.8 Å². The Labute approximate surface area is 117 Å². The number of fused-ring (bicyclic) bond motifs is 1. The zero-order chi connectivity index (χ0) is 14.7. The molecule has 0 saturated carbocycles. The number of terminal acetylenes is 1. The third-order valence-corrected chi connectivity index (χ3v) is 3.23. The van der Waals surface area contributed by atoms with Crippen LogP contribution in [0.25, 0.3) is 11.0 Å². The van der Waals surface area contributed by atoms with Crippen molar-refractivity contribution in [3.05, 3.63) is 18.1 Å². The van der Waals surface area contributed by atoms with Crippen molar-refractivity contribution in [3.63, 3.8) is 0 Å². The second-order valence-corrected chi connectivity index (χ2v) is 4.50. The molecule has 0 amide bonds. The number of aromatic nitrogens is 3. The van der Waals surface area contributed by atoms with Crippen molar-refractivity contribution < 1.29 is 9.84 Å². The molecule has 2 atom stereocenters. The number of ether oxygens (including phenoxy) is 1. The van der Waals surface area contributed by atoms with Crippen LogP contribution in [0.1, 0.15) is 32.1 Å². The summed E-state index contributed by atoms with van der Waals surface area (Å²) in [4.78, 5) is 8.18. The molecule has 0 aliphatic carbocycles. The van der Waals surface area contributed by atoms with Gasteiger partial charge in [0.2, 0.25) is 0 Å². The quantitative estimate of drug-likeness (QED) is 0.803. The summed E-state index contributed by atoms with van der Waals surface area (Å²) in [6, 6.07) is 0. The van der Waals surface area contributed by atoms with Gasteiger partial charge in [0.05, 0.1) is 23.7 Å². The van der Waals surface area contributed by atoms with Gasteiger partial charge < -0.3 is 20.1 Å². The lowest BCUT2D eigenvalue weighted by molar-refractivity contribution is -0.0645. The minimum Gasteiger partial charge on any atom is -0.394 e. The minimum absolute atomic E-state index is 0.0286. The first-order chi connectivity index (χ1) is 9.62. The van der Waals surface area contributed by atoms with Crippen molar-refractivity contribution in [2.24, 2.45) is 0 Å². The van der Waals surface area contributed by atoms with E-state index in [-0.39, 0.29) is 18.9 Å². The fourth-order valence-electron chi connectivity index (χ4n) is 2.11. The van der Waals surface area contributed by atoms with E-state index in [2.05, 4.69) is 15.9 Å². The Hall–Kier alpha value is -2.10. The van der Waals surface area contributed by atoms with Crippen molar-refractivity contribution in [1.29, 1.82) is 0 Å². The normalized spacial score (nSPS) is 14.1. The van der Waals surface area contributed by atoms with Gasteiger partial charge in [-0.25, -0.2) is 9.97 Å². The first-order valence-corrected chi connectivity index (χ1v) is 6.46. The van der Waals surface area contributed by atoms with Gasteiger partial charge in [-0.05, 0) is 13.3 Å². The Morgan fingerprint density at radius 2 is 2.30 bits per heavy atom. The maximum Gasteiger partial charge on any atom is 0.148 e. The largest absolute Gasteiger partial charge is 0.394 e. The van der Waals surface area contributed by atoms with Gasteiger partial charge in [-0.3, -0.25) is 0 Å². The number of hydrogen-bond acceptors (Lipinski definition) is 5. The van der Waals surface area contributed by atoms with Crippen LogP contribution in [0.3, 0.4) is 0 Å². The van der Waals surface area contributed by atoms with Crippen molar-refractivity contribution >= 4 is 16.9 Å². The van der Waals surface area contributed by atoms with Gasteiger partial charge in [-0.1, -0.05) is 12.8 Å². The lowest BCUT2D eigenvalue weighted by Crippen LogP contribution is -2.21. The van der Waals surface area contributed by atoms with Crippen molar-refractivity contribution in [2.45, 2.75) is 32.6 Å². The highest BCUT2D eigenvalue weighted by Crippen LogP contribution is 2.27. The van der Waals surface area contributed by atoms with Crippen LogP contribution in [0.15, 0.2) is 12.5 Å². The number of anilines is 1. The fraction of sp³-hybridized carbons (Fsp3) is 0.429. The van der Waals surface area contributed by atoms with E-state index in [1.165, 1.54) is 6.33 Å². The van der Waals surface area contributed by atoms with Crippen LogP contribution in [0, 0.1) is 12.3 Å². The van der Waals surface area contributed by atoms with Gasteiger partial charge in [0.25, 0.3) is 0 Å². The number of nitrogens with two attached hydrogens (primary N) is 1. The predicted octanol–water partition coefficient (Wildman–Crippen LogP) is 1.30. The van der Waals surface area contributed by atoms with Gasteiger partial charge in [0.1, 0.15) is 24.0 Å². The lowest BCUT2D eigenvalue weighted by Gasteiger charge is -2.21. The highest BCUT2D eigenvalue weighted by atomic mass is 16.5. The van der Waals surface area contributed by atoms with Crippen LogP contribution in [0.4, 0.5) is 5.82 Å². The Balaban J connectivity index is 2.45. The molecule has 6 nitrogen and oxygen atoms in total. The number of hydrogen-bond donors (Lipinski definition) is 2. The van der Waals surface area contributed by atoms with Gasteiger partial charge in [0, 0.05) is 6.20 Å². The van der Waals surface area contributed by atoms with Gasteiger partial charge >= 0.3 is 0 Å². The molecule has 2 aromatic rings. The smallest absolute Gasteiger partial charge is 0.148 e. The molecule has 0 saturated heterocycles. The first kappa shape index (κ1) is 14.3. The van der Waals surface area contributed by atoms with Gasteiger partial charge in [-0.2, -0.15) is 0 Å². The highest BCUT2D eigenvalue weighted by molar-refractivity contribution is 5.92. The Kier molecular flexibility index (Phi) is 4.23.